The monoisotopic (exact) mass is 414 g/mol. The molecule has 30 heavy (non-hydrogen) atoms. The summed E-state index contributed by atoms with van der Waals surface area (Å²) in [6.45, 7) is 2.64. The Kier molecular flexibility index (Phi) is 7.40. The van der Waals surface area contributed by atoms with E-state index in [1.54, 1.807) is 18.2 Å². The van der Waals surface area contributed by atoms with Gasteiger partial charge in [-0.3, -0.25) is 4.79 Å². The van der Waals surface area contributed by atoms with E-state index in [0.717, 1.165) is 24.9 Å². The molecule has 2 aromatic carbocycles. The van der Waals surface area contributed by atoms with Gasteiger partial charge >= 0.3 is 5.97 Å². The number of benzene rings is 2. The second kappa shape index (κ2) is 10.4. The molecule has 0 radical (unpaired) electrons. The number of carbonyl (C=O) groups is 2. The first-order chi connectivity index (χ1) is 14.5. The lowest BCUT2D eigenvalue weighted by Crippen LogP contribution is -2.36. The number of methoxy groups -OCH3 is 1. The highest BCUT2D eigenvalue weighted by molar-refractivity contribution is 5.94. The van der Waals surface area contributed by atoms with Crippen LogP contribution in [0.5, 0.6) is 5.75 Å². The average molecular weight is 414 g/mol. The Labute approximate surface area is 174 Å². The predicted octanol–water partition coefficient (Wildman–Crippen LogP) is 2.87. The van der Waals surface area contributed by atoms with Gasteiger partial charge in [0, 0.05) is 30.5 Å². The molecule has 1 fully saturated rings. The van der Waals surface area contributed by atoms with E-state index in [9.17, 15) is 14.0 Å². The zero-order valence-corrected chi connectivity index (χ0v) is 16.6. The topological polar surface area (TPSA) is 77.1 Å². The number of morpholine rings is 1. The van der Waals surface area contributed by atoms with Gasteiger partial charge in [-0.15, -0.1) is 0 Å². The van der Waals surface area contributed by atoms with Crippen molar-refractivity contribution in [3.63, 3.8) is 0 Å². The Balaban J connectivity index is 1.44. The molecule has 1 aliphatic heterocycles. The third kappa shape index (κ3) is 6.05. The fourth-order valence-electron chi connectivity index (χ4n) is 2.91. The standard InChI is InChI=1S/C22H23FN2O5/c1-28-20-8-2-16(14-19(20)23)3-9-22(27)30-15-21(26)24-17-4-6-18(7-5-17)25-10-12-29-13-11-25/h2-9,14H,10-13,15H2,1H3,(H,24,26)/b9-3+. The van der Waals surface area contributed by atoms with E-state index in [1.807, 2.05) is 12.1 Å². The minimum absolute atomic E-state index is 0.115. The zero-order chi connectivity index (χ0) is 21.3. The van der Waals surface area contributed by atoms with Crippen LogP contribution in [0.2, 0.25) is 0 Å². The number of rotatable bonds is 7. The van der Waals surface area contributed by atoms with Crippen LogP contribution in [0.3, 0.4) is 0 Å². The van der Waals surface area contributed by atoms with Crippen LogP contribution in [-0.4, -0.2) is 51.9 Å². The van der Waals surface area contributed by atoms with E-state index in [1.165, 1.54) is 25.3 Å². The number of carbonyl (C=O) groups excluding carboxylic acids is 2. The van der Waals surface area contributed by atoms with Crippen molar-refractivity contribution >= 4 is 29.3 Å². The van der Waals surface area contributed by atoms with Gasteiger partial charge in [0.25, 0.3) is 5.91 Å². The summed E-state index contributed by atoms with van der Waals surface area (Å²) in [7, 11) is 1.37. The van der Waals surface area contributed by atoms with Crippen molar-refractivity contribution < 1.29 is 28.2 Å². The van der Waals surface area contributed by atoms with Crippen LogP contribution in [-0.2, 0) is 19.1 Å². The van der Waals surface area contributed by atoms with Crippen molar-refractivity contribution in [2.75, 3.05) is 50.2 Å². The molecule has 2 aromatic rings. The summed E-state index contributed by atoms with van der Waals surface area (Å²) in [6, 6.07) is 11.7. The number of ether oxygens (including phenoxy) is 3. The molecule has 0 aliphatic carbocycles. The Morgan fingerprint density at radius 3 is 2.57 bits per heavy atom. The van der Waals surface area contributed by atoms with Crippen molar-refractivity contribution in [1.82, 2.24) is 0 Å². The number of halogens is 1. The van der Waals surface area contributed by atoms with Crippen LogP contribution in [0.1, 0.15) is 5.56 Å². The van der Waals surface area contributed by atoms with Crippen LogP contribution in [0, 0.1) is 5.82 Å². The summed E-state index contributed by atoms with van der Waals surface area (Å²) < 4.78 is 28.7. The van der Waals surface area contributed by atoms with Gasteiger partial charge in [-0.05, 0) is 48.0 Å². The van der Waals surface area contributed by atoms with E-state index < -0.39 is 24.3 Å². The summed E-state index contributed by atoms with van der Waals surface area (Å²) in [5.74, 6) is -1.58. The van der Waals surface area contributed by atoms with Crippen LogP contribution >= 0.6 is 0 Å². The maximum Gasteiger partial charge on any atom is 0.331 e. The number of esters is 1. The van der Waals surface area contributed by atoms with E-state index >= 15 is 0 Å². The molecule has 8 heteroatoms. The zero-order valence-electron chi connectivity index (χ0n) is 16.6. The first-order valence-electron chi connectivity index (χ1n) is 9.46. The maximum atomic E-state index is 13.6. The first kappa shape index (κ1) is 21.3. The second-order valence-electron chi connectivity index (χ2n) is 6.53. The van der Waals surface area contributed by atoms with Crippen LogP contribution in [0.15, 0.2) is 48.5 Å². The summed E-state index contributed by atoms with van der Waals surface area (Å²) in [5.41, 5.74) is 2.13. The van der Waals surface area contributed by atoms with Gasteiger partial charge in [0.05, 0.1) is 20.3 Å². The van der Waals surface area contributed by atoms with Gasteiger partial charge in [-0.1, -0.05) is 6.07 Å². The Morgan fingerprint density at radius 1 is 1.17 bits per heavy atom. The number of amides is 1. The normalized spacial score (nSPS) is 13.9. The van der Waals surface area contributed by atoms with Gasteiger partial charge in [-0.2, -0.15) is 0 Å². The summed E-state index contributed by atoms with van der Waals surface area (Å²) >= 11 is 0. The highest BCUT2D eigenvalue weighted by atomic mass is 19.1. The SMILES string of the molecule is COc1ccc(/C=C/C(=O)OCC(=O)Nc2ccc(N3CCOCC3)cc2)cc1F. The van der Waals surface area contributed by atoms with Gasteiger partial charge < -0.3 is 24.4 Å². The number of hydrogen-bond donors (Lipinski definition) is 1. The second-order valence-corrected chi connectivity index (χ2v) is 6.53. The highest BCUT2D eigenvalue weighted by Gasteiger charge is 2.11. The summed E-state index contributed by atoms with van der Waals surface area (Å²) in [5, 5.41) is 2.67. The molecule has 7 nitrogen and oxygen atoms in total. The van der Waals surface area contributed by atoms with E-state index in [4.69, 9.17) is 14.2 Å². The highest BCUT2D eigenvalue weighted by Crippen LogP contribution is 2.19. The molecule has 3 rings (SSSR count). The van der Waals surface area contributed by atoms with Gasteiger partial charge in [0.1, 0.15) is 0 Å². The summed E-state index contributed by atoms with van der Waals surface area (Å²) in [6.07, 6.45) is 2.53. The van der Waals surface area contributed by atoms with Crippen LogP contribution < -0.4 is 15.0 Å². The first-order valence-corrected chi connectivity index (χ1v) is 9.46. The molecule has 1 aliphatic rings. The van der Waals surface area contributed by atoms with Crippen molar-refractivity contribution in [2.24, 2.45) is 0 Å². The minimum atomic E-state index is -0.705. The third-order valence-corrected chi connectivity index (χ3v) is 4.46. The lowest BCUT2D eigenvalue weighted by molar-refractivity contribution is -0.142. The maximum absolute atomic E-state index is 13.6. The molecule has 0 bridgehead atoms. The Hall–Kier alpha value is -3.39. The van der Waals surface area contributed by atoms with Gasteiger partial charge in [0.15, 0.2) is 18.2 Å². The average Bonchev–Trinajstić information content (AvgIpc) is 2.77. The largest absolute Gasteiger partial charge is 0.494 e. The molecule has 0 saturated carbocycles. The number of nitrogens with zero attached hydrogens (tertiary/aromatic N) is 1. The number of anilines is 2. The lowest BCUT2D eigenvalue weighted by Gasteiger charge is -2.28. The molecule has 0 unspecified atom stereocenters. The molecule has 1 N–H and O–H groups in total. The molecule has 1 amide bonds. The van der Waals surface area contributed by atoms with Crippen molar-refractivity contribution in [3.8, 4) is 5.75 Å². The minimum Gasteiger partial charge on any atom is -0.494 e. The van der Waals surface area contributed by atoms with Gasteiger partial charge in [0.2, 0.25) is 0 Å². The lowest BCUT2D eigenvalue weighted by atomic mass is 10.2. The predicted molar refractivity (Wildman–Crippen MR) is 111 cm³/mol. The Morgan fingerprint density at radius 2 is 1.90 bits per heavy atom. The molecular formula is C22H23FN2O5. The van der Waals surface area contributed by atoms with Crippen molar-refractivity contribution in [2.45, 2.75) is 0 Å². The molecule has 0 spiro atoms. The van der Waals surface area contributed by atoms with Crippen LogP contribution in [0.25, 0.3) is 6.08 Å². The molecule has 1 saturated heterocycles. The quantitative estimate of drug-likeness (QED) is 0.555. The molecule has 0 atom stereocenters. The van der Waals surface area contributed by atoms with Crippen molar-refractivity contribution in [1.29, 1.82) is 0 Å². The smallest absolute Gasteiger partial charge is 0.331 e. The molecule has 0 aromatic heterocycles. The van der Waals surface area contributed by atoms with Gasteiger partial charge in [-0.25, -0.2) is 9.18 Å². The molecule has 158 valence electrons. The van der Waals surface area contributed by atoms with E-state index in [-0.39, 0.29) is 5.75 Å². The summed E-state index contributed by atoms with van der Waals surface area (Å²) in [4.78, 5) is 26.0. The van der Waals surface area contributed by atoms with Crippen LogP contribution in [0.4, 0.5) is 15.8 Å². The fourth-order valence-corrected chi connectivity index (χ4v) is 2.91. The van der Waals surface area contributed by atoms with E-state index in [0.29, 0.717) is 24.5 Å². The fraction of sp³-hybridized carbons (Fsp3) is 0.273. The third-order valence-electron chi connectivity index (χ3n) is 4.46. The number of nitrogens with one attached hydrogen (secondary N) is 1. The molecular weight excluding hydrogens is 391 g/mol. The van der Waals surface area contributed by atoms with E-state index in [2.05, 4.69) is 10.2 Å². The Bertz CT molecular complexity index is 908. The van der Waals surface area contributed by atoms with Crippen molar-refractivity contribution in [3.05, 3.63) is 59.9 Å². The number of hydrogen-bond acceptors (Lipinski definition) is 6. The molecule has 1 heterocycles.